The second-order valence-corrected chi connectivity index (χ2v) is 4.24. The molecular formula is C9H20N2O3P+. The molecule has 0 aromatic heterocycles. The largest absolute Gasteiger partial charge is 0.367 e. The lowest BCUT2D eigenvalue weighted by Crippen LogP contribution is -2.36. The average Bonchev–Trinajstić information content (AvgIpc) is 2.17. The molecule has 0 saturated carbocycles. The van der Waals surface area contributed by atoms with Gasteiger partial charge in [0.25, 0.3) is 0 Å². The van der Waals surface area contributed by atoms with E-state index in [1.807, 2.05) is 6.92 Å². The second kappa shape index (κ2) is 8.77. The number of carbonyl (C=O) groups is 1. The highest BCUT2D eigenvalue weighted by Crippen LogP contribution is 2.05. The van der Waals surface area contributed by atoms with Crippen molar-refractivity contribution in [2.75, 3.05) is 12.8 Å². The number of amides is 1. The Hall–Kier alpha value is -0.510. The third-order valence-electron chi connectivity index (χ3n) is 2.00. The van der Waals surface area contributed by atoms with Crippen LogP contribution in [-0.2, 0) is 14.1 Å². The van der Waals surface area contributed by atoms with Crippen molar-refractivity contribution in [3.8, 4) is 0 Å². The van der Waals surface area contributed by atoms with Gasteiger partial charge in [0.05, 0.1) is 6.61 Å². The van der Waals surface area contributed by atoms with Crippen molar-refractivity contribution in [1.82, 2.24) is 0 Å². The van der Waals surface area contributed by atoms with E-state index in [4.69, 9.17) is 16.2 Å². The minimum atomic E-state index is -0.658. The predicted octanol–water partition coefficient (Wildman–Crippen LogP) is 0.398. The molecule has 3 unspecified atom stereocenters. The van der Waals surface area contributed by atoms with Gasteiger partial charge in [0, 0.05) is 12.5 Å². The summed E-state index contributed by atoms with van der Waals surface area (Å²) in [5, 5.41) is 0. The number of nitrogens with two attached hydrogens (primary N) is 2. The van der Waals surface area contributed by atoms with Crippen LogP contribution >= 0.6 is 8.46 Å². The third-order valence-corrected chi connectivity index (χ3v) is 2.49. The van der Waals surface area contributed by atoms with Gasteiger partial charge in [-0.15, -0.1) is 0 Å². The zero-order valence-corrected chi connectivity index (χ0v) is 10.1. The first kappa shape index (κ1) is 14.5. The van der Waals surface area contributed by atoms with Gasteiger partial charge in [0.15, 0.2) is 0 Å². The number of primary amides is 1. The predicted molar refractivity (Wildman–Crippen MR) is 60.3 cm³/mol. The molecule has 4 N–H and O–H groups in total. The Bertz CT molecular complexity index is 202. The van der Waals surface area contributed by atoms with Crippen LogP contribution in [0.25, 0.3) is 0 Å². The van der Waals surface area contributed by atoms with Crippen LogP contribution in [-0.4, -0.2) is 30.8 Å². The van der Waals surface area contributed by atoms with Crippen LogP contribution in [0.4, 0.5) is 0 Å². The van der Waals surface area contributed by atoms with Crippen molar-refractivity contribution in [3.05, 3.63) is 0 Å². The summed E-state index contributed by atoms with van der Waals surface area (Å²) in [6.45, 7) is 2.35. The van der Waals surface area contributed by atoms with Crippen molar-refractivity contribution in [2.24, 2.45) is 11.5 Å². The summed E-state index contributed by atoms with van der Waals surface area (Å²) < 4.78 is 15.6. The van der Waals surface area contributed by atoms with E-state index in [-0.39, 0.29) is 6.04 Å². The van der Waals surface area contributed by atoms with Crippen molar-refractivity contribution in [3.63, 3.8) is 0 Å². The van der Waals surface area contributed by atoms with Gasteiger partial charge in [-0.1, -0.05) is 17.9 Å². The Morgan fingerprint density at radius 1 is 1.47 bits per heavy atom. The molecule has 5 nitrogen and oxygen atoms in total. The van der Waals surface area contributed by atoms with E-state index in [9.17, 15) is 9.36 Å². The van der Waals surface area contributed by atoms with Crippen LogP contribution in [0.3, 0.4) is 0 Å². The minimum Gasteiger partial charge on any atom is -0.367 e. The third kappa shape index (κ3) is 7.42. The maximum absolute atomic E-state index is 10.9. The highest BCUT2D eigenvalue weighted by atomic mass is 31.1. The van der Waals surface area contributed by atoms with Gasteiger partial charge in [-0.25, -0.2) is 0 Å². The van der Waals surface area contributed by atoms with Gasteiger partial charge >= 0.3 is 8.46 Å². The fourth-order valence-electron chi connectivity index (χ4n) is 1.19. The molecule has 0 rings (SSSR count). The van der Waals surface area contributed by atoms with Crippen molar-refractivity contribution in [2.45, 2.75) is 38.3 Å². The molecule has 0 saturated heterocycles. The standard InChI is InChI=1S/C9H19N2O3P/c1-2-3-7(10)6-14-8(9(11)12)4-5-15-13/h7-8H,2-6,10H2,1H3,(H2,11,12)/p+1. The Morgan fingerprint density at radius 3 is 2.60 bits per heavy atom. The van der Waals surface area contributed by atoms with E-state index in [0.717, 1.165) is 12.8 Å². The van der Waals surface area contributed by atoms with Crippen molar-refractivity contribution >= 4 is 14.4 Å². The lowest BCUT2D eigenvalue weighted by molar-refractivity contribution is -0.129. The molecule has 0 spiro atoms. The van der Waals surface area contributed by atoms with Crippen molar-refractivity contribution < 1.29 is 14.1 Å². The summed E-state index contributed by atoms with van der Waals surface area (Å²) in [5.74, 6) is -0.517. The number of ether oxygens (including phenoxy) is 1. The average molecular weight is 235 g/mol. The van der Waals surface area contributed by atoms with Gasteiger partial charge in [0.2, 0.25) is 5.91 Å². The van der Waals surface area contributed by atoms with E-state index in [2.05, 4.69) is 0 Å². The van der Waals surface area contributed by atoms with Crippen LogP contribution in [0.1, 0.15) is 26.2 Å². The van der Waals surface area contributed by atoms with Gasteiger partial charge in [-0.2, -0.15) is 0 Å². The summed E-state index contributed by atoms with van der Waals surface area (Å²) in [5.41, 5.74) is 10.9. The SMILES string of the molecule is CCCC(N)COC(CC[PH+]=O)C(N)=O. The molecule has 3 atom stereocenters. The van der Waals surface area contributed by atoms with E-state index in [1.165, 1.54) is 0 Å². The van der Waals surface area contributed by atoms with Crippen LogP contribution < -0.4 is 11.5 Å². The van der Waals surface area contributed by atoms with Crippen LogP contribution in [0, 0.1) is 0 Å². The molecule has 0 aromatic rings. The molecule has 0 aliphatic rings. The Labute approximate surface area is 91.7 Å². The number of carbonyl (C=O) groups excluding carboxylic acids is 1. The summed E-state index contributed by atoms with van der Waals surface area (Å²) in [4.78, 5) is 10.9. The smallest absolute Gasteiger partial charge is 0.324 e. The Morgan fingerprint density at radius 2 is 2.13 bits per heavy atom. The summed E-state index contributed by atoms with van der Waals surface area (Å²) in [6, 6.07) is -0.0634. The van der Waals surface area contributed by atoms with Gasteiger partial charge < -0.3 is 16.2 Å². The number of rotatable bonds is 9. The maximum atomic E-state index is 10.9. The van der Waals surface area contributed by atoms with Crippen LogP contribution in [0.2, 0.25) is 0 Å². The summed E-state index contributed by atoms with van der Waals surface area (Å²) in [7, 11) is -0.426. The minimum absolute atomic E-state index is 0.0634. The normalized spacial score (nSPS) is 15.1. The molecule has 6 heteroatoms. The zero-order chi connectivity index (χ0) is 11.7. The quantitative estimate of drug-likeness (QED) is 0.565. The van der Waals surface area contributed by atoms with E-state index in [1.54, 1.807) is 0 Å². The Balaban J connectivity index is 3.84. The summed E-state index contributed by atoms with van der Waals surface area (Å²) >= 11 is 0. The van der Waals surface area contributed by atoms with Crippen LogP contribution in [0.15, 0.2) is 0 Å². The topological polar surface area (TPSA) is 95.4 Å². The molecule has 0 aromatic carbocycles. The zero-order valence-electron chi connectivity index (χ0n) is 9.07. The monoisotopic (exact) mass is 235 g/mol. The van der Waals surface area contributed by atoms with E-state index < -0.39 is 20.5 Å². The molecule has 0 aliphatic heterocycles. The first-order valence-electron chi connectivity index (χ1n) is 5.13. The van der Waals surface area contributed by atoms with Crippen LogP contribution in [0.5, 0.6) is 0 Å². The molecule has 1 amide bonds. The van der Waals surface area contributed by atoms with E-state index in [0.29, 0.717) is 19.2 Å². The first-order chi connectivity index (χ1) is 7.11. The maximum Gasteiger partial charge on any atom is 0.324 e. The molecule has 0 aliphatic carbocycles. The molecule has 0 fully saturated rings. The lowest BCUT2D eigenvalue weighted by atomic mass is 10.2. The van der Waals surface area contributed by atoms with Gasteiger partial charge in [-0.3, -0.25) is 4.79 Å². The highest BCUT2D eigenvalue weighted by molar-refractivity contribution is 7.23. The highest BCUT2D eigenvalue weighted by Gasteiger charge is 2.18. The fraction of sp³-hybridized carbons (Fsp3) is 0.889. The molecule has 0 radical (unpaired) electrons. The number of hydrogen-bond acceptors (Lipinski definition) is 4. The summed E-state index contributed by atoms with van der Waals surface area (Å²) in [6.07, 6.45) is 2.00. The van der Waals surface area contributed by atoms with Crippen molar-refractivity contribution in [1.29, 1.82) is 0 Å². The van der Waals surface area contributed by atoms with Gasteiger partial charge in [-0.05, 0) is 6.42 Å². The first-order valence-corrected chi connectivity index (χ1v) is 6.24. The Kier molecular flexibility index (Phi) is 8.47. The molecular weight excluding hydrogens is 215 g/mol. The second-order valence-electron chi connectivity index (χ2n) is 3.46. The molecule has 15 heavy (non-hydrogen) atoms. The lowest BCUT2D eigenvalue weighted by Gasteiger charge is -2.15. The number of hydrogen-bond donors (Lipinski definition) is 2. The van der Waals surface area contributed by atoms with E-state index >= 15 is 0 Å². The fourth-order valence-corrected chi connectivity index (χ4v) is 1.57. The molecule has 88 valence electrons. The molecule has 0 heterocycles. The van der Waals surface area contributed by atoms with Gasteiger partial charge in [0.1, 0.15) is 12.3 Å². The molecule has 0 bridgehead atoms.